The van der Waals surface area contributed by atoms with Crippen LogP contribution < -0.4 is 4.74 Å². The summed E-state index contributed by atoms with van der Waals surface area (Å²) in [6, 6.07) is 15.7. The minimum absolute atomic E-state index is 0.0812. The monoisotopic (exact) mass is 358 g/mol. The Hall–Kier alpha value is -2.44. The highest BCUT2D eigenvalue weighted by molar-refractivity contribution is 6.01. The van der Waals surface area contributed by atoms with Gasteiger partial charge in [-0.05, 0) is 36.9 Å². The molecule has 0 bridgehead atoms. The van der Waals surface area contributed by atoms with Gasteiger partial charge in [0.1, 0.15) is 30.4 Å². The Balaban J connectivity index is 1.40. The second kappa shape index (κ2) is 8.78. The number of hydrogen-bond acceptors (Lipinski definition) is 5. The molecule has 0 radical (unpaired) electrons. The van der Waals surface area contributed by atoms with E-state index < -0.39 is 6.10 Å². The lowest BCUT2D eigenvalue weighted by Crippen LogP contribution is -2.37. The van der Waals surface area contributed by atoms with Gasteiger partial charge in [-0.2, -0.15) is 0 Å². The molecule has 138 valence electrons. The van der Waals surface area contributed by atoms with Crippen molar-refractivity contribution in [3.63, 3.8) is 0 Å². The van der Waals surface area contributed by atoms with E-state index in [0.29, 0.717) is 19.5 Å². The van der Waals surface area contributed by atoms with Gasteiger partial charge in [0.25, 0.3) is 0 Å². The molecule has 0 amide bonds. The van der Waals surface area contributed by atoms with Crippen LogP contribution in [0.2, 0.25) is 0 Å². The number of likely N-dealkylation sites (N-methyl/N-ethyl adjacent to an activating group) is 1. The molecule has 0 spiro atoms. The van der Waals surface area contributed by atoms with E-state index >= 15 is 0 Å². The molecule has 0 fully saturated rings. The predicted octanol–water partition coefficient (Wildman–Crippen LogP) is 2.69. The van der Waals surface area contributed by atoms with E-state index in [1.54, 1.807) is 12.1 Å². The first-order valence-electron chi connectivity index (χ1n) is 8.63. The summed E-state index contributed by atoms with van der Waals surface area (Å²) in [6.45, 7) is 1.34. The number of aliphatic hydroxyl groups excluding tert-OH is 1. The molecule has 0 unspecified atom stereocenters. The summed E-state index contributed by atoms with van der Waals surface area (Å²) in [7, 11) is 1.92. The molecular formula is C20H23FN2O3. The number of para-hydroxylation sites is 1. The minimum atomic E-state index is -0.598. The fraction of sp³-hybridized carbons (Fsp3) is 0.350. The molecule has 2 aromatic rings. The number of hydrogen-bond donors (Lipinski definition) is 1. The Bertz CT molecular complexity index is 722. The van der Waals surface area contributed by atoms with Crippen LogP contribution in [0.25, 0.3) is 0 Å². The van der Waals surface area contributed by atoms with Gasteiger partial charge in [0.05, 0.1) is 5.71 Å². The van der Waals surface area contributed by atoms with Gasteiger partial charge in [-0.15, -0.1) is 0 Å². The third kappa shape index (κ3) is 5.28. The van der Waals surface area contributed by atoms with Crippen LogP contribution in [0.3, 0.4) is 0 Å². The first kappa shape index (κ1) is 18.4. The van der Waals surface area contributed by atoms with Crippen LogP contribution in [0.1, 0.15) is 12.0 Å². The first-order valence-corrected chi connectivity index (χ1v) is 8.63. The molecule has 1 aliphatic heterocycles. The lowest BCUT2D eigenvalue weighted by Gasteiger charge is -2.22. The van der Waals surface area contributed by atoms with Crippen LogP contribution >= 0.6 is 0 Å². The van der Waals surface area contributed by atoms with Gasteiger partial charge >= 0.3 is 0 Å². The molecule has 3 rings (SSSR count). The molecule has 2 aromatic carbocycles. The Morgan fingerprint density at radius 3 is 2.69 bits per heavy atom. The average Bonchev–Trinajstić information content (AvgIpc) is 3.09. The lowest BCUT2D eigenvalue weighted by atomic mass is 10.0. The average molecular weight is 358 g/mol. The van der Waals surface area contributed by atoms with Gasteiger partial charge < -0.3 is 14.7 Å². The number of ether oxygens (including phenoxy) is 1. The fourth-order valence-electron chi connectivity index (χ4n) is 2.88. The Morgan fingerprint density at radius 2 is 1.96 bits per heavy atom. The molecule has 0 aromatic heterocycles. The quantitative estimate of drug-likeness (QED) is 0.788. The largest absolute Gasteiger partial charge is 0.491 e. The number of halogens is 1. The zero-order valence-corrected chi connectivity index (χ0v) is 14.7. The van der Waals surface area contributed by atoms with Gasteiger partial charge in [0.15, 0.2) is 0 Å². The number of oxime groups is 1. The highest BCUT2D eigenvalue weighted by Gasteiger charge is 2.24. The summed E-state index contributed by atoms with van der Waals surface area (Å²) in [5.74, 6) is 0.474. The molecule has 0 saturated heterocycles. The normalized spacial score (nSPS) is 17.7. The molecule has 2 atom stereocenters. The van der Waals surface area contributed by atoms with Crippen molar-refractivity contribution in [1.82, 2.24) is 4.90 Å². The van der Waals surface area contributed by atoms with Gasteiger partial charge in [-0.3, -0.25) is 4.90 Å². The molecule has 26 heavy (non-hydrogen) atoms. The molecule has 1 heterocycles. The Kier molecular flexibility index (Phi) is 6.20. The van der Waals surface area contributed by atoms with Crippen molar-refractivity contribution in [2.75, 3.05) is 26.7 Å². The van der Waals surface area contributed by atoms with E-state index in [1.807, 2.05) is 42.3 Å². The van der Waals surface area contributed by atoms with Crippen LogP contribution in [0.15, 0.2) is 59.8 Å². The smallest absolute Gasteiger partial charge is 0.145 e. The predicted molar refractivity (Wildman–Crippen MR) is 97.9 cm³/mol. The molecule has 1 aliphatic rings. The van der Waals surface area contributed by atoms with Gasteiger partial charge in [0, 0.05) is 19.5 Å². The molecule has 0 aliphatic carbocycles. The van der Waals surface area contributed by atoms with Crippen LogP contribution in [-0.4, -0.2) is 54.7 Å². The number of nitrogens with zero attached hydrogens (tertiary/aromatic N) is 2. The van der Waals surface area contributed by atoms with Crippen LogP contribution in [0.4, 0.5) is 4.39 Å². The number of benzene rings is 2. The van der Waals surface area contributed by atoms with E-state index in [2.05, 4.69) is 5.16 Å². The van der Waals surface area contributed by atoms with Crippen molar-refractivity contribution in [2.45, 2.75) is 18.6 Å². The summed E-state index contributed by atoms with van der Waals surface area (Å²) < 4.78 is 18.6. The maximum Gasteiger partial charge on any atom is 0.145 e. The highest BCUT2D eigenvalue weighted by atomic mass is 19.1. The fourth-order valence-corrected chi connectivity index (χ4v) is 2.88. The van der Waals surface area contributed by atoms with Crippen molar-refractivity contribution in [3.05, 3.63) is 66.0 Å². The molecule has 0 saturated carbocycles. The van der Waals surface area contributed by atoms with Gasteiger partial charge in [-0.25, -0.2) is 4.39 Å². The third-order valence-electron chi connectivity index (χ3n) is 4.13. The maximum absolute atomic E-state index is 13.0. The van der Waals surface area contributed by atoms with Crippen LogP contribution in [0.5, 0.6) is 5.75 Å². The van der Waals surface area contributed by atoms with Crippen molar-refractivity contribution in [1.29, 1.82) is 0 Å². The highest BCUT2D eigenvalue weighted by Crippen LogP contribution is 2.18. The minimum Gasteiger partial charge on any atom is -0.491 e. The summed E-state index contributed by atoms with van der Waals surface area (Å²) in [6.07, 6.45) is -0.0200. The van der Waals surface area contributed by atoms with Crippen molar-refractivity contribution < 1.29 is 19.1 Å². The zero-order valence-electron chi connectivity index (χ0n) is 14.7. The third-order valence-corrected chi connectivity index (χ3v) is 4.13. The molecular weight excluding hydrogens is 335 g/mol. The summed E-state index contributed by atoms with van der Waals surface area (Å²) >= 11 is 0. The number of rotatable bonds is 8. The number of aliphatic hydroxyl groups is 1. The van der Waals surface area contributed by atoms with Crippen molar-refractivity contribution in [2.24, 2.45) is 5.16 Å². The summed E-state index contributed by atoms with van der Waals surface area (Å²) in [5, 5.41) is 14.2. The topological polar surface area (TPSA) is 54.3 Å². The van der Waals surface area contributed by atoms with E-state index in [9.17, 15) is 9.50 Å². The lowest BCUT2D eigenvalue weighted by molar-refractivity contribution is 0.0333. The van der Waals surface area contributed by atoms with E-state index in [4.69, 9.17) is 9.57 Å². The summed E-state index contributed by atoms with van der Waals surface area (Å²) in [4.78, 5) is 7.46. The van der Waals surface area contributed by atoms with Crippen molar-refractivity contribution >= 4 is 5.71 Å². The standard InChI is InChI=1S/C20H23FN2O3/c1-23(12-17(24)14-25-18-5-3-2-4-6-18)13-19-11-20(22-26-19)15-7-9-16(21)10-8-15/h2-10,17,19,24H,11-14H2,1H3/t17-,19+/m1/s1. The SMILES string of the molecule is CN(C[C@@H](O)COc1ccccc1)C[C@@H]1CC(c2ccc(F)cc2)=NO1. The Labute approximate surface area is 152 Å². The van der Waals surface area contributed by atoms with Crippen molar-refractivity contribution in [3.8, 4) is 5.75 Å². The first-order chi connectivity index (χ1) is 12.6. The second-order valence-electron chi connectivity index (χ2n) is 6.48. The van der Waals surface area contributed by atoms with Gasteiger partial charge in [0.2, 0.25) is 0 Å². The Morgan fingerprint density at radius 1 is 1.23 bits per heavy atom. The molecule has 5 nitrogen and oxygen atoms in total. The molecule has 1 N–H and O–H groups in total. The maximum atomic E-state index is 13.0. The summed E-state index contributed by atoms with van der Waals surface area (Å²) in [5.41, 5.74) is 1.68. The molecule has 6 heteroatoms. The van der Waals surface area contributed by atoms with Crippen LogP contribution in [-0.2, 0) is 4.84 Å². The van der Waals surface area contributed by atoms with Crippen LogP contribution in [0, 0.1) is 5.82 Å². The zero-order chi connectivity index (χ0) is 18.4. The van der Waals surface area contributed by atoms with Gasteiger partial charge in [-0.1, -0.05) is 35.5 Å². The van der Waals surface area contributed by atoms with E-state index in [0.717, 1.165) is 17.0 Å². The second-order valence-corrected chi connectivity index (χ2v) is 6.48. The van der Waals surface area contributed by atoms with E-state index in [1.165, 1.54) is 12.1 Å². The van der Waals surface area contributed by atoms with E-state index in [-0.39, 0.29) is 18.5 Å².